The van der Waals surface area contributed by atoms with Crippen molar-refractivity contribution in [2.24, 2.45) is 0 Å². The average molecular weight is 455 g/mol. The Balaban J connectivity index is 1.25. The number of aryl methyl sites for hydroxylation is 1. The molecule has 1 amide bonds. The first-order valence-electron chi connectivity index (χ1n) is 10.9. The molecular weight excluding hydrogens is 428 g/mol. The van der Waals surface area contributed by atoms with Gasteiger partial charge >= 0.3 is 0 Å². The minimum absolute atomic E-state index is 0.00000531. The van der Waals surface area contributed by atoms with E-state index in [9.17, 15) is 4.79 Å². The van der Waals surface area contributed by atoms with Gasteiger partial charge < -0.3 is 16.0 Å². The van der Waals surface area contributed by atoms with Crippen LogP contribution >= 0.6 is 11.3 Å². The fourth-order valence-corrected chi connectivity index (χ4v) is 4.06. The lowest BCUT2D eigenvalue weighted by Gasteiger charge is -2.13. The maximum Gasteiger partial charge on any atom is 0.224 e. The van der Waals surface area contributed by atoms with Crippen molar-refractivity contribution in [3.63, 3.8) is 0 Å². The number of nitrogens with one attached hydrogen (secondary N) is 4. The molecule has 0 saturated carbocycles. The number of anilines is 4. The fourth-order valence-electron chi connectivity index (χ4n) is 3.43. The minimum Gasteiger partial charge on any atom is -0.354 e. The Labute approximate surface area is 198 Å². The molecule has 6 heteroatoms. The number of hydrogen-bond acceptors (Lipinski definition) is 4. The van der Waals surface area contributed by atoms with Crippen molar-refractivity contribution in [2.75, 3.05) is 16.0 Å². The standard InChI is InChI=1S/C27H26N4OS/c28-27(25-13-7-19-33-25)30-22-17-15-20(16-18-22)8-6-14-26(32)31-24-12-5-4-11-23(24)29-21-9-2-1-3-10-21/h1-5,7,9-13,15-19,29H,6,8,14H2,(H2,28,30)(H,31,32). The van der Waals surface area contributed by atoms with E-state index in [4.69, 9.17) is 5.41 Å². The van der Waals surface area contributed by atoms with Crippen molar-refractivity contribution in [3.05, 3.63) is 107 Å². The van der Waals surface area contributed by atoms with Gasteiger partial charge in [-0.15, -0.1) is 11.3 Å². The molecule has 0 atom stereocenters. The lowest BCUT2D eigenvalue weighted by atomic mass is 10.1. The van der Waals surface area contributed by atoms with Gasteiger partial charge in [-0.05, 0) is 66.2 Å². The fraction of sp³-hybridized carbons (Fsp3) is 0.111. The number of carbonyl (C=O) groups excluding carboxylic acids is 1. The molecule has 0 saturated heterocycles. The van der Waals surface area contributed by atoms with Gasteiger partial charge in [-0.2, -0.15) is 0 Å². The molecule has 0 fully saturated rings. The van der Waals surface area contributed by atoms with Gasteiger partial charge in [0, 0.05) is 17.8 Å². The van der Waals surface area contributed by atoms with E-state index >= 15 is 0 Å². The van der Waals surface area contributed by atoms with E-state index in [1.807, 2.05) is 96.4 Å². The minimum atomic E-state index is -0.00000531. The Hall–Kier alpha value is -3.90. The molecular formula is C27H26N4OS. The quantitative estimate of drug-likeness (QED) is 0.164. The van der Waals surface area contributed by atoms with E-state index in [1.165, 1.54) is 16.9 Å². The van der Waals surface area contributed by atoms with Gasteiger partial charge in [0.1, 0.15) is 5.84 Å². The Morgan fingerprint density at radius 2 is 1.48 bits per heavy atom. The second-order valence-corrected chi connectivity index (χ2v) is 8.56. The van der Waals surface area contributed by atoms with Crippen molar-refractivity contribution in [3.8, 4) is 0 Å². The molecule has 3 aromatic carbocycles. The third-order valence-corrected chi connectivity index (χ3v) is 6.00. The highest BCUT2D eigenvalue weighted by atomic mass is 32.1. The van der Waals surface area contributed by atoms with Crippen LogP contribution in [0.3, 0.4) is 0 Å². The van der Waals surface area contributed by atoms with Crippen LogP contribution in [0.4, 0.5) is 22.7 Å². The van der Waals surface area contributed by atoms with Gasteiger partial charge in [0.25, 0.3) is 0 Å². The first-order valence-corrected chi connectivity index (χ1v) is 11.7. The van der Waals surface area contributed by atoms with Crippen molar-refractivity contribution < 1.29 is 4.79 Å². The summed E-state index contributed by atoms with van der Waals surface area (Å²) in [5.41, 5.74) is 4.67. The molecule has 0 spiro atoms. The van der Waals surface area contributed by atoms with Gasteiger partial charge in [-0.1, -0.05) is 48.5 Å². The van der Waals surface area contributed by atoms with Crippen LogP contribution in [0.25, 0.3) is 0 Å². The molecule has 4 N–H and O–H groups in total. The zero-order valence-electron chi connectivity index (χ0n) is 18.2. The van der Waals surface area contributed by atoms with E-state index in [0.717, 1.165) is 40.5 Å². The van der Waals surface area contributed by atoms with Gasteiger partial charge in [0.2, 0.25) is 5.91 Å². The zero-order valence-corrected chi connectivity index (χ0v) is 19.0. The predicted molar refractivity (Wildman–Crippen MR) is 139 cm³/mol. The summed E-state index contributed by atoms with van der Waals surface area (Å²) in [6.07, 6.45) is 2.03. The Bertz CT molecular complexity index is 1190. The van der Waals surface area contributed by atoms with E-state index in [1.54, 1.807) is 0 Å². The Morgan fingerprint density at radius 3 is 2.21 bits per heavy atom. The van der Waals surface area contributed by atoms with Crippen molar-refractivity contribution in [1.82, 2.24) is 0 Å². The SMILES string of the molecule is N=C(Nc1ccc(CCCC(=O)Nc2ccccc2Nc2ccccc2)cc1)c1cccs1. The third kappa shape index (κ3) is 6.54. The van der Waals surface area contributed by atoms with Crippen LogP contribution < -0.4 is 16.0 Å². The molecule has 4 aromatic rings. The van der Waals surface area contributed by atoms with E-state index in [-0.39, 0.29) is 5.91 Å². The van der Waals surface area contributed by atoms with Gasteiger partial charge in [0.15, 0.2) is 0 Å². The van der Waals surface area contributed by atoms with Crippen LogP contribution in [0, 0.1) is 5.41 Å². The van der Waals surface area contributed by atoms with E-state index in [0.29, 0.717) is 12.3 Å². The van der Waals surface area contributed by atoms with Gasteiger partial charge in [-0.3, -0.25) is 10.2 Å². The van der Waals surface area contributed by atoms with Crippen molar-refractivity contribution in [1.29, 1.82) is 5.41 Å². The molecule has 166 valence electrons. The molecule has 4 rings (SSSR count). The van der Waals surface area contributed by atoms with Crippen LogP contribution in [0.2, 0.25) is 0 Å². The lowest BCUT2D eigenvalue weighted by Crippen LogP contribution is -2.12. The maximum absolute atomic E-state index is 12.5. The second-order valence-electron chi connectivity index (χ2n) is 7.61. The maximum atomic E-state index is 12.5. The topological polar surface area (TPSA) is 77.0 Å². The average Bonchev–Trinajstić information content (AvgIpc) is 3.38. The number of rotatable bonds is 9. The van der Waals surface area contributed by atoms with Crippen LogP contribution in [0.1, 0.15) is 23.3 Å². The Kier molecular flexibility index (Phi) is 7.51. The molecule has 33 heavy (non-hydrogen) atoms. The molecule has 0 unspecified atom stereocenters. The summed E-state index contributed by atoms with van der Waals surface area (Å²) < 4.78 is 0. The summed E-state index contributed by atoms with van der Waals surface area (Å²) in [7, 11) is 0. The van der Waals surface area contributed by atoms with E-state index in [2.05, 4.69) is 16.0 Å². The monoisotopic (exact) mass is 454 g/mol. The normalized spacial score (nSPS) is 10.4. The summed E-state index contributed by atoms with van der Waals surface area (Å²) in [5.74, 6) is 0.399. The molecule has 0 radical (unpaired) electrons. The highest BCUT2D eigenvalue weighted by Gasteiger charge is 2.08. The first-order chi connectivity index (χ1) is 16.2. The molecule has 0 aliphatic rings. The number of hydrogen-bond donors (Lipinski definition) is 4. The van der Waals surface area contributed by atoms with Crippen LogP contribution in [0.5, 0.6) is 0 Å². The molecule has 0 aliphatic heterocycles. The van der Waals surface area contributed by atoms with Crippen molar-refractivity contribution >= 4 is 45.8 Å². The Morgan fingerprint density at radius 1 is 0.758 bits per heavy atom. The predicted octanol–water partition coefficient (Wildman–Crippen LogP) is 6.89. The largest absolute Gasteiger partial charge is 0.354 e. The van der Waals surface area contributed by atoms with E-state index < -0.39 is 0 Å². The van der Waals surface area contributed by atoms with Crippen molar-refractivity contribution in [2.45, 2.75) is 19.3 Å². The summed E-state index contributed by atoms with van der Waals surface area (Å²) in [4.78, 5) is 13.4. The third-order valence-electron chi connectivity index (χ3n) is 5.11. The van der Waals surface area contributed by atoms with Crippen LogP contribution in [0.15, 0.2) is 96.4 Å². The van der Waals surface area contributed by atoms with Gasteiger partial charge in [0.05, 0.1) is 16.3 Å². The molecule has 0 aliphatic carbocycles. The smallest absolute Gasteiger partial charge is 0.224 e. The van der Waals surface area contributed by atoms with Crippen LogP contribution in [-0.2, 0) is 11.2 Å². The highest BCUT2D eigenvalue weighted by molar-refractivity contribution is 7.12. The lowest BCUT2D eigenvalue weighted by molar-refractivity contribution is -0.116. The number of benzene rings is 3. The summed E-state index contributed by atoms with van der Waals surface area (Å²) in [6.45, 7) is 0. The molecule has 0 bridgehead atoms. The second kappa shape index (κ2) is 11.1. The number of para-hydroxylation sites is 3. The number of amides is 1. The zero-order chi connectivity index (χ0) is 22.9. The summed E-state index contributed by atoms with van der Waals surface area (Å²) in [5, 5.41) is 19.6. The molecule has 1 aromatic heterocycles. The number of amidine groups is 1. The number of carbonyl (C=O) groups is 1. The summed E-state index contributed by atoms with van der Waals surface area (Å²) in [6, 6.07) is 29.5. The van der Waals surface area contributed by atoms with Gasteiger partial charge in [-0.25, -0.2) is 0 Å². The highest BCUT2D eigenvalue weighted by Crippen LogP contribution is 2.25. The molecule has 1 heterocycles. The number of thiophene rings is 1. The molecule has 5 nitrogen and oxygen atoms in total. The summed E-state index contributed by atoms with van der Waals surface area (Å²) >= 11 is 1.54. The first kappa shape index (κ1) is 22.3. The van der Waals surface area contributed by atoms with Crippen LogP contribution in [-0.4, -0.2) is 11.7 Å².